The van der Waals surface area contributed by atoms with Crippen LogP contribution in [0.1, 0.15) is 16.8 Å². The predicted molar refractivity (Wildman–Crippen MR) is 107 cm³/mol. The Kier molecular flexibility index (Phi) is 5.28. The molecule has 1 aliphatic heterocycles. The maximum Gasteiger partial charge on any atom is 0.139 e. The summed E-state index contributed by atoms with van der Waals surface area (Å²) < 4.78 is 16.4. The molecule has 0 bridgehead atoms. The van der Waals surface area contributed by atoms with Crippen LogP contribution in [-0.4, -0.2) is 30.7 Å². The molecule has 0 unspecified atom stereocenters. The zero-order valence-corrected chi connectivity index (χ0v) is 16.1. The summed E-state index contributed by atoms with van der Waals surface area (Å²) in [7, 11) is 3.29. The van der Waals surface area contributed by atoms with Gasteiger partial charge in [-0.25, -0.2) is 0 Å². The van der Waals surface area contributed by atoms with E-state index >= 15 is 0 Å². The monoisotopic (exact) mass is 377 g/mol. The average Bonchev–Trinajstić information content (AvgIpc) is 2.77. The summed E-state index contributed by atoms with van der Waals surface area (Å²) >= 11 is 0. The molecule has 1 aliphatic rings. The van der Waals surface area contributed by atoms with Crippen molar-refractivity contribution in [3.8, 4) is 17.2 Å². The van der Waals surface area contributed by atoms with Gasteiger partial charge >= 0.3 is 0 Å². The van der Waals surface area contributed by atoms with Crippen molar-refractivity contribution in [1.29, 1.82) is 0 Å². The van der Waals surface area contributed by atoms with E-state index < -0.39 is 0 Å². The summed E-state index contributed by atoms with van der Waals surface area (Å²) in [6.45, 7) is 2.20. The SMILES string of the molecule is COc1ccc(COc2ccc3c(c2)CN(c2cncc(OC)c2)CC3)nc1. The zero-order valence-electron chi connectivity index (χ0n) is 16.1. The van der Waals surface area contributed by atoms with Crippen LogP contribution >= 0.6 is 0 Å². The molecule has 4 rings (SSSR count). The van der Waals surface area contributed by atoms with E-state index in [4.69, 9.17) is 14.2 Å². The number of hydrogen-bond acceptors (Lipinski definition) is 6. The molecule has 0 N–H and O–H groups in total. The molecule has 0 atom stereocenters. The van der Waals surface area contributed by atoms with E-state index in [0.29, 0.717) is 6.61 Å². The minimum absolute atomic E-state index is 0.423. The lowest BCUT2D eigenvalue weighted by atomic mass is 9.99. The minimum atomic E-state index is 0.423. The Morgan fingerprint density at radius 3 is 2.54 bits per heavy atom. The average molecular weight is 377 g/mol. The minimum Gasteiger partial charge on any atom is -0.495 e. The Labute approximate surface area is 164 Å². The van der Waals surface area contributed by atoms with Crippen LogP contribution in [-0.2, 0) is 19.6 Å². The maximum absolute atomic E-state index is 5.95. The zero-order chi connectivity index (χ0) is 19.3. The van der Waals surface area contributed by atoms with Gasteiger partial charge in [0.2, 0.25) is 0 Å². The molecule has 0 saturated heterocycles. The summed E-state index contributed by atoms with van der Waals surface area (Å²) in [6, 6.07) is 12.1. The van der Waals surface area contributed by atoms with Crippen LogP contribution < -0.4 is 19.1 Å². The molecular formula is C22H23N3O3. The lowest BCUT2D eigenvalue weighted by Crippen LogP contribution is -2.30. The van der Waals surface area contributed by atoms with Gasteiger partial charge in [-0.15, -0.1) is 0 Å². The molecule has 0 saturated carbocycles. The first-order valence-corrected chi connectivity index (χ1v) is 9.22. The Bertz CT molecular complexity index is 944. The van der Waals surface area contributed by atoms with Crippen molar-refractivity contribution >= 4 is 5.69 Å². The molecule has 0 fully saturated rings. The molecule has 0 spiro atoms. The van der Waals surface area contributed by atoms with E-state index in [1.54, 1.807) is 26.6 Å². The number of aromatic nitrogens is 2. The van der Waals surface area contributed by atoms with Gasteiger partial charge in [-0.1, -0.05) is 6.07 Å². The summed E-state index contributed by atoms with van der Waals surface area (Å²) in [6.07, 6.45) is 6.29. The van der Waals surface area contributed by atoms with Crippen LogP contribution in [0.2, 0.25) is 0 Å². The van der Waals surface area contributed by atoms with Gasteiger partial charge in [-0.2, -0.15) is 0 Å². The Morgan fingerprint density at radius 1 is 0.893 bits per heavy atom. The Hall–Kier alpha value is -3.28. The van der Waals surface area contributed by atoms with Gasteiger partial charge in [-0.3, -0.25) is 9.97 Å². The van der Waals surface area contributed by atoms with Crippen LogP contribution in [0.3, 0.4) is 0 Å². The third kappa shape index (κ3) is 4.01. The van der Waals surface area contributed by atoms with E-state index in [0.717, 1.165) is 48.1 Å². The van der Waals surface area contributed by atoms with Crippen LogP contribution in [0.15, 0.2) is 55.0 Å². The third-order valence-corrected chi connectivity index (χ3v) is 4.91. The number of pyridine rings is 2. The fourth-order valence-electron chi connectivity index (χ4n) is 3.31. The van der Waals surface area contributed by atoms with Gasteiger partial charge in [0.15, 0.2) is 0 Å². The number of hydrogen-bond donors (Lipinski definition) is 0. The fraction of sp³-hybridized carbons (Fsp3) is 0.273. The molecule has 0 amide bonds. The van der Waals surface area contributed by atoms with Gasteiger partial charge in [-0.05, 0) is 41.8 Å². The van der Waals surface area contributed by atoms with Crippen molar-refractivity contribution < 1.29 is 14.2 Å². The Morgan fingerprint density at radius 2 is 1.75 bits per heavy atom. The molecule has 0 radical (unpaired) electrons. The summed E-state index contributed by atoms with van der Waals surface area (Å²) in [5.74, 6) is 2.36. The van der Waals surface area contributed by atoms with Crippen molar-refractivity contribution in [3.05, 3.63) is 71.8 Å². The van der Waals surface area contributed by atoms with E-state index in [1.807, 2.05) is 30.5 Å². The molecular weight excluding hydrogens is 354 g/mol. The molecule has 2 aromatic heterocycles. The lowest BCUT2D eigenvalue weighted by Gasteiger charge is -2.31. The van der Waals surface area contributed by atoms with Crippen LogP contribution in [0.5, 0.6) is 17.2 Å². The van der Waals surface area contributed by atoms with Gasteiger partial charge in [0.25, 0.3) is 0 Å². The number of nitrogens with zero attached hydrogens (tertiary/aromatic N) is 3. The lowest BCUT2D eigenvalue weighted by molar-refractivity contribution is 0.300. The first-order chi connectivity index (χ1) is 13.7. The van der Waals surface area contributed by atoms with Crippen molar-refractivity contribution in [2.75, 3.05) is 25.7 Å². The van der Waals surface area contributed by atoms with Gasteiger partial charge in [0, 0.05) is 19.2 Å². The van der Waals surface area contributed by atoms with Crippen LogP contribution in [0.4, 0.5) is 5.69 Å². The first kappa shape index (κ1) is 18.1. The topological polar surface area (TPSA) is 56.7 Å². The summed E-state index contributed by atoms with van der Waals surface area (Å²) in [5, 5.41) is 0. The number of ether oxygens (including phenoxy) is 3. The van der Waals surface area contributed by atoms with E-state index in [1.165, 1.54) is 11.1 Å². The first-order valence-electron chi connectivity index (χ1n) is 9.22. The van der Waals surface area contributed by atoms with E-state index in [9.17, 15) is 0 Å². The molecule has 3 aromatic rings. The molecule has 0 aliphatic carbocycles. The second-order valence-electron chi connectivity index (χ2n) is 6.66. The van der Waals surface area contributed by atoms with Gasteiger partial charge in [0.05, 0.1) is 44.2 Å². The van der Waals surface area contributed by atoms with Crippen molar-refractivity contribution in [1.82, 2.24) is 9.97 Å². The molecule has 144 valence electrons. The highest BCUT2D eigenvalue weighted by Gasteiger charge is 2.18. The van der Waals surface area contributed by atoms with E-state index in [-0.39, 0.29) is 0 Å². The van der Waals surface area contributed by atoms with Crippen molar-refractivity contribution in [3.63, 3.8) is 0 Å². The van der Waals surface area contributed by atoms with Gasteiger partial charge in [0.1, 0.15) is 23.9 Å². The van der Waals surface area contributed by atoms with Crippen LogP contribution in [0, 0.1) is 0 Å². The van der Waals surface area contributed by atoms with Crippen LogP contribution in [0.25, 0.3) is 0 Å². The van der Waals surface area contributed by atoms with Crippen molar-refractivity contribution in [2.24, 2.45) is 0 Å². The summed E-state index contributed by atoms with van der Waals surface area (Å²) in [4.78, 5) is 10.9. The number of rotatable bonds is 6. The number of fused-ring (bicyclic) bond motifs is 1. The maximum atomic E-state index is 5.95. The molecule has 6 heteroatoms. The largest absolute Gasteiger partial charge is 0.495 e. The smallest absolute Gasteiger partial charge is 0.139 e. The molecule has 6 nitrogen and oxygen atoms in total. The second-order valence-corrected chi connectivity index (χ2v) is 6.66. The van der Waals surface area contributed by atoms with E-state index in [2.05, 4.69) is 27.0 Å². The highest BCUT2D eigenvalue weighted by Crippen LogP contribution is 2.28. The summed E-state index contributed by atoms with van der Waals surface area (Å²) in [5.41, 5.74) is 4.57. The molecule has 3 heterocycles. The number of methoxy groups -OCH3 is 2. The normalized spacial score (nSPS) is 13.0. The predicted octanol–water partition coefficient (Wildman–Crippen LogP) is 3.64. The highest BCUT2D eigenvalue weighted by atomic mass is 16.5. The molecule has 28 heavy (non-hydrogen) atoms. The Balaban J connectivity index is 1.45. The quantitative estimate of drug-likeness (QED) is 0.654. The standard InChI is InChI=1S/C22H23N3O3/c1-26-21-6-4-18(24-13-21)15-28-20-5-3-16-7-8-25(14-17(16)9-20)19-10-22(27-2)12-23-11-19/h3-6,9-13H,7-8,14-15H2,1-2H3. The van der Waals surface area contributed by atoms with Crippen molar-refractivity contribution in [2.45, 2.75) is 19.6 Å². The number of anilines is 1. The second kappa shape index (κ2) is 8.17. The number of benzene rings is 1. The third-order valence-electron chi connectivity index (χ3n) is 4.91. The highest BCUT2D eigenvalue weighted by molar-refractivity contribution is 5.51. The van der Waals surface area contributed by atoms with Gasteiger partial charge < -0.3 is 19.1 Å². The fourth-order valence-corrected chi connectivity index (χ4v) is 3.31. The molecule has 1 aromatic carbocycles.